The van der Waals surface area contributed by atoms with Gasteiger partial charge >= 0.3 is 6.03 Å². The number of rotatable bonds is 5. The van der Waals surface area contributed by atoms with Gasteiger partial charge in [-0.25, -0.2) is 4.79 Å². The summed E-state index contributed by atoms with van der Waals surface area (Å²) in [5, 5.41) is 25.4. The minimum absolute atomic E-state index is 0.00130. The van der Waals surface area contributed by atoms with Crippen molar-refractivity contribution in [2.45, 2.75) is 25.8 Å². The molecule has 0 radical (unpaired) electrons. The molecular weight excluding hydrogens is 286 g/mol. The molecule has 2 rings (SSSR count). The quantitative estimate of drug-likeness (QED) is 0.440. The maximum absolute atomic E-state index is 11.9. The van der Waals surface area contributed by atoms with E-state index >= 15 is 0 Å². The average Bonchev–Trinajstić information content (AvgIpc) is 2.94. The topological polar surface area (TPSA) is 104 Å². The van der Waals surface area contributed by atoms with Gasteiger partial charge in [0.1, 0.15) is 0 Å². The van der Waals surface area contributed by atoms with Crippen LogP contribution in [0.2, 0.25) is 0 Å². The molecule has 1 aliphatic rings. The van der Waals surface area contributed by atoms with Crippen LogP contribution in [0, 0.1) is 16.0 Å². The lowest BCUT2D eigenvalue weighted by atomic mass is 10.1. The largest absolute Gasteiger partial charge is 0.396 e. The van der Waals surface area contributed by atoms with Crippen LogP contribution in [0.25, 0.3) is 0 Å². The summed E-state index contributed by atoms with van der Waals surface area (Å²) in [6.45, 7) is 1.90. The van der Waals surface area contributed by atoms with Gasteiger partial charge in [-0.1, -0.05) is 25.1 Å². The van der Waals surface area contributed by atoms with E-state index in [1.54, 1.807) is 12.1 Å². The highest BCUT2D eigenvalue weighted by Gasteiger charge is 2.20. The Kier molecular flexibility index (Phi) is 5.11. The number of carbonyl (C=O) groups excluding carboxylic acids is 1. The number of hydrogen-bond acceptors (Lipinski definition) is 4. The summed E-state index contributed by atoms with van der Waals surface area (Å²) >= 11 is 0. The predicted molar refractivity (Wildman–Crippen MR) is 82.7 cm³/mol. The lowest BCUT2D eigenvalue weighted by molar-refractivity contribution is -0.385. The molecular formula is C15H19N3O4. The molecule has 1 aliphatic carbocycles. The molecule has 0 fully saturated rings. The van der Waals surface area contributed by atoms with E-state index in [2.05, 4.69) is 10.6 Å². The molecule has 0 heterocycles. The zero-order chi connectivity index (χ0) is 16.1. The third kappa shape index (κ3) is 3.82. The van der Waals surface area contributed by atoms with Gasteiger partial charge in [-0.15, -0.1) is 0 Å². The second-order valence-electron chi connectivity index (χ2n) is 5.22. The van der Waals surface area contributed by atoms with E-state index in [1.165, 1.54) is 6.07 Å². The van der Waals surface area contributed by atoms with E-state index < -0.39 is 11.0 Å². The Morgan fingerprint density at radius 2 is 2.23 bits per heavy atom. The van der Waals surface area contributed by atoms with Crippen molar-refractivity contribution in [3.05, 3.63) is 46.0 Å². The van der Waals surface area contributed by atoms with Crippen molar-refractivity contribution < 1.29 is 14.8 Å². The number of benzene rings is 1. The smallest absolute Gasteiger partial charge is 0.319 e. The van der Waals surface area contributed by atoms with Crippen molar-refractivity contribution in [3.8, 4) is 0 Å². The normalized spacial score (nSPS) is 19.9. The van der Waals surface area contributed by atoms with Gasteiger partial charge in [-0.2, -0.15) is 0 Å². The highest BCUT2D eigenvalue weighted by molar-refractivity contribution is 5.90. The minimum atomic E-state index is -0.451. The van der Waals surface area contributed by atoms with Crippen LogP contribution in [0.1, 0.15) is 18.9 Å². The SMILES string of the molecule is CCc1ccc(NC(=O)N[C@@H]2C=C[C@H](CO)C2)cc1[N+](=O)[O-]. The first-order valence-corrected chi connectivity index (χ1v) is 7.17. The van der Waals surface area contributed by atoms with Gasteiger partial charge in [0.2, 0.25) is 0 Å². The van der Waals surface area contributed by atoms with Crippen LogP contribution in [-0.4, -0.2) is 28.7 Å². The number of amides is 2. The van der Waals surface area contributed by atoms with Crippen LogP contribution in [0.4, 0.5) is 16.2 Å². The molecule has 0 unspecified atom stereocenters. The summed E-state index contributed by atoms with van der Waals surface area (Å²) < 4.78 is 0. The van der Waals surface area contributed by atoms with E-state index in [0.717, 1.165) is 0 Å². The van der Waals surface area contributed by atoms with Crippen LogP contribution in [-0.2, 0) is 6.42 Å². The van der Waals surface area contributed by atoms with Crippen LogP contribution < -0.4 is 10.6 Å². The third-order valence-corrected chi connectivity index (χ3v) is 3.64. The van der Waals surface area contributed by atoms with Gasteiger partial charge in [-0.3, -0.25) is 10.1 Å². The van der Waals surface area contributed by atoms with Crippen LogP contribution >= 0.6 is 0 Å². The molecule has 1 aromatic rings. The molecule has 1 aromatic carbocycles. The Labute approximate surface area is 128 Å². The number of anilines is 1. The van der Waals surface area contributed by atoms with Crippen molar-refractivity contribution in [1.82, 2.24) is 5.32 Å². The molecule has 7 nitrogen and oxygen atoms in total. The van der Waals surface area contributed by atoms with Crippen molar-refractivity contribution in [3.63, 3.8) is 0 Å². The molecule has 0 aliphatic heterocycles. The first-order chi connectivity index (χ1) is 10.5. The molecule has 0 aromatic heterocycles. The number of hydrogen-bond donors (Lipinski definition) is 3. The van der Waals surface area contributed by atoms with Crippen molar-refractivity contribution in [1.29, 1.82) is 0 Å². The molecule has 2 amide bonds. The van der Waals surface area contributed by atoms with Gasteiger partial charge in [0.25, 0.3) is 5.69 Å². The first-order valence-electron chi connectivity index (χ1n) is 7.17. The number of aryl methyl sites for hydroxylation is 1. The number of nitro benzene ring substituents is 1. The predicted octanol–water partition coefficient (Wildman–Crippen LogP) is 2.22. The molecule has 7 heteroatoms. The molecule has 0 spiro atoms. The second kappa shape index (κ2) is 7.04. The summed E-state index contributed by atoms with van der Waals surface area (Å²) in [7, 11) is 0. The maximum Gasteiger partial charge on any atom is 0.319 e. The van der Waals surface area contributed by atoms with Crippen molar-refractivity contribution >= 4 is 17.4 Å². The Bertz CT molecular complexity index is 600. The highest BCUT2D eigenvalue weighted by Crippen LogP contribution is 2.24. The third-order valence-electron chi connectivity index (χ3n) is 3.64. The van der Waals surface area contributed by atoms with Crippen LogP contribution in [0.5, 0.6) is 0 Å². The van der Waals surface area contributed by atoms with Gasteiger partial charge in [0.15, 0.2) is 0 Å². The van der Waals surface area contributed by atoms with Gasteiger partial charge in [-0.05, 0) is 18.9 Å². The number of aliphatic hydroxyl groups excluding tert-OH is 1. The molecule has 3 N–H and O–H groups in total. The maximum atomic E-state index is 11.9. The summed E-state index contributed by atoms with van der Waals surface area (Å²) in [5.74, 6) is 0.0650. The fraction of sp³-hybridized carbons (Fsp3) is 0.400. The van der Waals surface area contributed by atoms with E-state index in [9.17, 15) is 14.9 Å². The number of nitrogens with zero attached hydrogens (tertiary/aromatic N) is 1. The molecule has 118 valence electrons. The molecule has 0 saturated carbocycles. The van der Waals surface area contributed by atoms with Crippen molar-refractivity contribution in [2.75, 3.05) is 11.9 Å². The van der Waals surface area contributed by atoms with E-state index in [0.29, 0.717) is 24.1 Å². The second-order valence-corrected chi connectivity index (χ2v) is 5.22. The zero-order valence-electron chi connectivity index (χ0n) is 12.3. The average molecular weight is 305 g/mol. The zero-order valence-corrected chi connectivity index (χ0v) is 12.3. The molecule has 0 saturated heterocycles. The van der Waals surface area contributed by atoms with Gasteiger partial charge in [0.05, 0.1) is 4.92 Å². The first kappa shape index (κ1) is 16.0. The molecule has 22 heavy (non-hydrogen) atoms. The van der Waals surface area contributed by atoms with E-state index in [-0.39, 0.29) is 24.3 Å². The lowest BCUT2D eigenvalue weighted by Gasteiger charge is -2.14. The number of urea groups is 1. The Hall–Kier alpha value is -2.41. The van der Waals surface area contributed by atoms with Gasteiger partial charge in [0, 0.05) is 35.9 Å². The van der Waals surface area contributed by atoms with Gasteiger partial charge < -0.3 is 15.7 Å². The fourth-order valence-electron chi connectivity index (χ4n) is 2.46. The summed E-state index contributed by atoms with van der Waals surface area (Å²) in [6, 6.07) is 4.09. The van der Waals surface area contributed by atoms with E-state index in [4.69, 9.17) is 5.11 Å². The lowest BCUT2D eigenvalue weighted by Crippen LogP contribution is -2.36. The standard InChI is InChI=1S/C15H19N3O4/c1-2-11-4-6-13(8-14(11)18(21)22)17-15(20)16-12-5-3-10(7-12)9-19/h3-6,8,10,12,19H,2,7,9H2,1H3,(H2,16,17,20)/t10-,12+/m0/s1. The monoisotopic (exact) mass is 305 g/mol. The van der Waals surface area contributed by atoms with Crippen LogP contribution in [0.15, 0.2) is 30.4 Å². The summed E-state index contributed by atoms with van der Waals surface area (Å²) in [6.07, 6.45) is 4.91. The molecule has 2 atom stereocenters. The summed E-state index contributed by atoms with van der Waals surface area (Å²) in [5.41, 5.74) is 1.00. The van der Waals surface area contributed by atoms with Crippen LogP contribution in [0.3, 0.4) is 0 Å². The fourth-order valence-corrected chi connectivity index (χ4v) is 2.46. The number of nitro groups is 1. The Morgan fingerprint density at radius 1 is 1.45 bits per heavy atom. The number of nitrogens with one attached hydrogen (secondary N) is 2. The van der Waals surface area contributed by atoms with E-state index in [1.807, 2.05) is 19.1 Å². The molecule has 0 bridgehead atoms. The van der Waals surface area contributed by atoms with Crippen molar-refractivity contribution in [2.24, 2.45) is 5.92 Å². The number of carbonyl (C=O) groups is 1. The highest BCUT2D eigenvalue weighted by atomic mass is 16.6. The minimum Gasteiger partial charge on any atom is -0.396 e. The summed E-state index contributed by atoms with van der Waals surface area (Å²) in [4.78, 5) is 22.5. The number of aliphatic hydroxyl groups is 1. The Balaban J connectivity index is 1.99. The Morgan fingerprint density at radius 3 is 2.82 bits per heavy atom.